The number of nitrogens with zero attached hydrogens (tertiary/aromatic N) is 3. The zero-order valence-corrected chi connectivity index (χ0v) is 14.4. The van der Waals surface area contributed by atoms with Crippen molar-refractivity contribution in [2.45, 2.75) is 38.5 Å². The van der Waals surface area contributed by atoms with E-state index in [0.717, 1.165) is 36.2 Å². The minimum absolute atomic E-state index is 0.0866. The third-order valence-electron chi connectivity index (χ3n) is 4.68. The number of hydrogen-bond donors (Lipinski definition) is 0. The number of oxazole rings is 1. The summed E-state index contributed by atoms with van der Waals surface area (Å²) in [5.41, 5.74) is 2.03. The number of carbonyl (C=O) groups excluding carboxylic acids is 1. The van der Waals surface area contributed by atoms with Crippen LogP contribution in [0.2, 0.25) is 0 Å². The number of carbonyl (C=O) groups is 1. The molecule has 0 N–H and O–H groups in total. The maximum Gasteiger partial charge on any atom is 0.276 e. The molecule has 1 fully saturated rings. The highest BCUT2D eigenvalue weighted by atomic mass is 16.5. The fourth-order valence-electron chi connectivity index (χ4n) is 3.25. The van der Waals surface area contributed by atoms with Crippen molar-refractivity contribution >= 4 is 17.0 Å². The molecule has 4 rings (SSSR count). The van der Waals surface area contributed by atoms with E-state index < -0.39 is 0 Å². The molecule has 1 atom stereocenters. The Labute approximate surface area is 145 Å². The molecule has 1 aromatic carbocycles. The molecule has 1 aliphatic heterocycles. The summed E-state index contributed by atoms with van der Waals surface area (Å²) in [4.78, 5) is 19.2. The van der Waals surface area contributed by atoms with Crippen LogP contribution < -0.4 is 0 Å². The molecule has 0 radical (unpaired) electrons. The van der Waals surface area contributed by atoms with Crippen molar-refractivity contribution < 1.29 is 13.7 Å². The Balaban J connectivity index is 1.52. The molecule has 6 nitrogen and oxygen atoms in total. The molecule has 1 amide bonds. The van der Waals surface area contributed by atoms with E-state index in [2.05, 4.69) is 10.1 Å². The van der Waals surface area contributed by atoms with Crippen LogP contribution in [0.5, 0.6) is 0 Å². The highest BCUT2D eigenvalue weighted by molar-refractivity contribution is 5.92. The Hall–Kier alpha value is -2.63. The van der Waals surface area contributed by atoms with E-state index in [1.54, 1.807) is 6.07 Å². The van der Waals surface area contributed by atoms with E-state index in [1.807, 2.05) is 43.0 Å². The highest BCUT2D eigenvalue weighted by Crippen LogP contribution is 2.29. The number of piperidine rings is 1. The van der Waals surface area contributed by atoms with Gasteiger partial charge in [-0.05, 0) is 25.0 Å². The fourth-order valence-corrected chi connectivity index (χ4v) is 3.25. The van der Waals surface area contributed by atoms with Crippen molar-refractivity contribution in [3.63, 3.8) is 0 Å². The lowest BCUT2D eigenvalue weighted by atomic mass is 9.97. The Morgan fingerprint density at radius 3 is 2.92 bits per heavy atom. The predicted octanol–water partition coefficient (Wildman–Crippen LogP) is 3.96. The summed E-state index contributed by atoms with van der Waals surface area (Å²) in [5, 5.41) is 3.94. The molecule has 130 valence electrons. The van der Waals surface area contributed by atoms with Crippen LogP contribution in [0.1, 0.15) is 60.7 Å². The zero-order valence-electron chi connectivity index (χ0n) is 14.4. The summed E-state index contributed by atoms with van der Waals surface area (Å²) < 4.78 is 11.2. The van der Waals surface area contributed by atoms with Crippen LogP contribution in [0.25, 0.3) is 11.1 Å². The Morgan fingerprint density at radius 1 is 1.32 bits per heavy atom. The molecule has 0 aliphatic carbocycles. The zero-order chi connectivity index (χ0) is 17.4. The van der Waals surface area contributed by atoms with Crippen LogP contribution >= 0.6 is 0 Å². The third kappa shape index (κ3) is 3.04. The van der Waals surface area contributed by atoms with Crippen molar-refractivity contribution in [3.8, 4) is 0 Å². The van der Waals surface area contributed by atoms with Crippen molar-refractivity contribution in [1.29, 1.82) is 0 Å². The molecule has 3 aromatic rings. The topological polar surface area (TPSA) is 72.4 Å². The SMILES string of the molecule is CC(C)c1cc(C(=O)N2CCCC(c3nc4ccccc4o3)C2)no1. The predicted molar refractivity (Wildman–Crippen MR) is 92.5 cm³/mol. The van der Waals surface area contributed by atoms with Crippen LogP contribution in [0.3, 0.4) is 0 Å². The second-order valence-corrected chi connectivity index (χ2v) is 6.88. The first kappa shape index (κ1) is 15.9. The molecule has 0 bridgehead atoms. The molecule has 0 spiro atoms. The van der Waals surface area contributed by atoms with Gasteiger partial charge >= 0.3 is 0 Å². The Kier molecular flexibility index (Phi) is 4.03. The van der Waals surface area contributed by atoms with Crippen LogP contribution in [0.15, 0.2) is 39.3 Å². The van der Waals surface area contributed by atoms with Crippen LogP contribution in [-0.4, -0.2) is 34.0 Å². The number of hydrogen-bond acceptors (Lipinski definition) is 5. The minimum Gasteiger partial charge on any atom is -0.440 e. The van der Waals surface area contributed by atoms with Gasteiger partial charge in [-0.25, -0.2) is 4.98 Å². The van der Waals surface area contributed by atoms with Crippen molar-refractivity contribution in [3.05, 3.63) is 47.7 Å². The van der Waals surface area contributed by atoms with Crippen LogP contribution in [0, 0.1) is 0 Å². The maximum absolute atomic E-state index is 12.7. The number of amides is 1. The normalized spacial score (nSPS) is 18.2. The molecule has 0 saturated carbocycles. The first-order valence-electron chi connectivity index (χ1n) is 8.73. The van der Waals surface area contributed by atoms with E-state index in [0.29, 0.717) is 18.1 Å². The first-order valence-corrected chi connectivity index (χ1v) is 8.73. The average molecular weight is 339 g/mol. The lowest BCUT2D eigenvalue weighted by Crippen LogP contribution is -2.39. The molecule has 1 unspecified atom stereocenters. The monoisotopic (exact) mass is 339 g/mol. The van der Waals surface area contributed by atoms with Crippen molar-refractivity contribution in [2.75, 3.05) is 13.1 Å². The van der Waals surface area contributed by atoms with Gasteiger partial charge in [0.1, 0.15) is 11.3 Å². The van der Waals surface area contributed by atoms with Gasteiger partial charge in [0, 0.05) is 25.1 Å². The highest BCUT2D eigenvalue weighted by Gasteiger charge is 2.30. The average Bonchev–Trinajstić information content (AvgIpc) is 3.28. The van der Waals surface area contributed by atoms with Gasteiger partial charge in [0.25, 0.3) is 5.91 Å². The lowest BCUT2D eigenvalue weighted by molar-refractivity contribution is 0.0688. The third-order valence-corrected chi connectivity index (χ3v) is 4.68. The lowest BCUT2D eigenvalue weighted by Gasteiger charge is -2.30. The largest absolute Gasteiger partial charge is 0.440 e. The Morgan fingerprint density at radius 2 is 2.16 bits per heavy atom. The quantitative estimate of drug-likeness (QED) is 0.722. The van der Waals surface area contributed by atoms with E-state index in [-0.39, 0.29) is 17.7 Å². The molecular formula is C19H21N3O3. The maximum atomic E-state index is 12.7. The van der Waals surface area contributed by atoms with Gasteiger partial charge in [0.15, 0.2) is 17.2 Å². The second-order valence-electron chi connectivity index (χ2n) is 6.88. The minimum atomic E-state index is -0.0866. The van der Waals surface area contributed by atoms with E-state index in [9.17, 15) is 4.79 Å². The standard InChI is InChI=1S/C19H21N3O3/c1-12(2)17-10-15(21-25-17)19(23)22-9-5-6-13(11-22)18-20-14-7-3-4-8-16(14)24-18/h3-4,7-8,10,12-13H,5-6,9,11H2,1-2H3. The number of likely N-dealkylation sites (tertiary alicyclic amines) is 1. The molecule has 25 heavy (non-hydrogen) atoms. The summed E-state index contributed by atoms with van der Waals surface area (Å²) in [7, 11) is 0. The number of aromatic nitrogens is 2. The Bertz CT molecular complexity index is 863. The molecule has 6 heteroatoms. The number of benzene rings is 1. The van der Waals surface area contributed by atoms with E-state index in [1.165, 1.54) is 0 Å². The molecule has 3 heterocycles. The summed E-state index contributed by atoms with van der Waals surface area (Å²) in [5.74, 6) is 1.68. The van der Waals surface area contributed by atoms with Gasteiger partial charge in [-0.3, -0.25) is 4.79 Å². The first-order chi connectivity index (χ1) is 12.1. The summed E-state index contributed by atoms with van der Waals surface area (Å²) in [6.07, 6.45) is 1.89. The molecule has 1 saturated heterocycles. The van der Waals surface area contributed by atoms with E-state index in [4.69, 9.17) is 8.94 Å². The van der Waals surface area contributed by atoms with Gasteiger partial charge < -0.3 is 13.8 Å². The fraction of sp³-hybridized carbons (Fsp3) is 0.421. The van der Waals surface area contributed by atoms with Gasteiger partial charge in [0.05, 0.1) is 5.92 Å². The van der Waals surface area contributed by atoms with Gasteiger partial charge in [-0.1, -0.05) is 31.1 Å². The van der Waals surface area contributed by atoms with Crippen molar-refractivity contribution in [2.24, 2.45) is 0 Å². The summed E-state index contributed by atoms with van der Waals surface area (Å²) >= 11 is 0. The summed E-state index contributed by atoms with van der Waals surface area (Å²) in [6.45, 7) is 5.34. The smallest absolute Gasteiger partial charge is 0.276 e. The molecule has 2 aromatic heterocycles. The van der Waals surface area contributed by atoms with Crippen molar-refractivity contribution in [1.82, 2.24) is 15.0 Å². The van der Waals surface area contributed by atoms with Crippen LogP contribution in [0.4, 0.5) is 0 Å². The second kappa shape index (κ2) is 6.35. The van der Waals surface area contributed by atoms with Gasteiger partial charge in [0.2, 0.25) is 0 Å². The van der Waals surface area contributed by atoms with Gasteiger partial charge in [-0.2, -0.15) is 0 Å². The van der Waals surface area contributed by atoms with Crippen LogP contribution in [-0.2, 0) is 0 Å². The molecular weight excluding hydrogens is 318 g/mol. The number of para-hydroxylation sites is 2. The molecule has 1 aliphatic rings. The van der Waals surface area contributed by atoms with Gasteiger partial charge in [-0.15, -0.1) is 0 Å². The van der Waals surface area contributed by atoms with E-state index >= 15 is 0 Å². The number of rotatable bonds is 3. The number of fused-ring (bicyclic) bond motifs is 1. The summed E-state index contributed by atoms with van der Waals surface area (Å²) in [6, 6.07) is 9.49.